The molecule has 0 aliphatic heterocycles. The zero-order valence-corrected chi connectivity index (χ0v) is 10.9. The molecule has 0 saturated carbocycles. The molecule has 0 fully saturated rings. The first-order valence-corrected chi connectivity index (χ1v) is 6.51. The molecule has 1 aromatic heterocycles. The highest BCUT2D eigenvalue weighted by atomic mass is 32.1. The Morgan fingerprint density at radius 1 is 1.56 bits per heavy atom. The fraction of sp³-hybridized carbons (Fsp3) is 0.231. The van der Waals surface area contributed by atoms with Gasteiger partial charge in [0.05, 0.1) is 28.0 Å². The lowest BCUT2D eigenvalue weighted by molar-refractivity contribution is 0.795. The Balaban J connectivity index is 2.00. The SMILES string of the molecule is CC(CNc1ccc(C#N)cc1N)c1nccs1. The largest absolute Gasteiger partial charge is 0.397 e. The highest BCUT2D eigenvalue weighted by molar-refractivity contribution is 7.09. The first-order chi connectivity index (χ1) is 8.70. The third-order valence-corrected chi connectivity index (χ3v) is 3.66. The van der Waals surface area contributed by atoms with Gasteiger partial charge in [-0.2, -0.15) is 5.26 Å². The number of nitrogens with two attached hydrogens (primary N) is 1. The quantitative estimate of drug-likeness (QED) is 0.827. The van der Waals surface area contributed by atoms with Gasteiger partial charge < -0.3 is 11.1 Å². The van der Waals surface area contributed by atoms with Crippen LogP contribution in [0.2, 0.25) is 0 Å². The smallest absolute Gasteiger partial charge is 0.0992 e. The molecular formula is C13H14N4S. The van der Waals surface area contributed by atoms with Crippen molar-refractivity contribution in [2.24, 2.45) is 0 Å². The molecule has 18 heavy (non-hydrogen) atoms. The first-order valence-electron chi connectivity index (χ1n) is 5.63. The Hall–Kier alpha value is -2.06. The van der Waals surface area contributed by atoms with Crippen molar-refractivity contribution in [3.05, 3.63) is 40.3 Å². The molecule has 4 nitrogen and oxygen atoms in total. The summed E-state index contributed by atoms with van der Waals surface area (Å²) < 4.78 is 0. The van der Waals surface area contributed by atoms with Crippen LogP contribution in [0.4, 0.5) is 11.4 Å². The summed E-state index contributed by atoms with van der Waals surface area (Å²) in [5.74, 6) is 0.333. The van der Waals surface area contributed by atoms with Crippen LogP contribution in [0.15, 0.2) is 29.8 Å². The van der Waals surface area contributed by atoms with Crippen molar-refractivity contribution in [1.29, 1.82) is 5.26 Å². The molecule has 92 valence electrons. The average molecular weight is 258 g/mol. The second-order valence-electron chi connectivity index (χ2n) is 4.07. The van der Waals surface area contributed by atoms with E-state index in [1.54, 1.807) is 23.5 Å². The summed E-state index contributed by atoms with van der Waals surface area (Å²) in [4.78, 5) is 4.28. The molecule has 1 heterocycles. The number of nitrogens with one attached hydrogen (secondary N) is 1. The van der Waals surface area contributed by atoms with Crippen molar-refractivity contribution < 1.29 is 0 Å². The molecule has 1 atom stereocenters. The van der Waals surface area contributed by atoms with Gasteiger partial charge >= 0.3 is 0 Å². The molecule has 0 radical (unpaired) electrons. The van der Waals surface area contributed by atoms with Crippen LogP contribution in [0.5, 0.6) is 0 Å². The van der Waals surface area contributed by atoms with Crippen LogP contribution in [-0.2, 0) is 0 Å². The average Bonchev–Trinajstić information content (AvgIpc) is 2.90. The summed E-state index contributed by atoms with van der Waals surface area (Å²) >= 11 is 1.65. The molecule has 0 bridgehead atoms. The summed E-state index contributed by atoms with van der Waals surface area (Å²) in [6.07, 6.45) is 1.81. The van der Waals surface area contributed by atoms with Gasteiger partial charge in [-0.15, -0.1) is 11.3 Å². The van der Waals surface area contributed by atoms with Gasteiger partial charge in [-0.25, -0.2) is 4.98 Å². The molecule has 0 amide bonds. The highest BCUT2D eigenvalue weighted by Crippen LogP contribution is 2.22. The fourth-order valence-corrected chi connectivity index (χ4v) is 2.32. The van der Waals surface area contributed by atoms with Crippen LogP contribution in [0.25, 0.3) is 0 Å². The van der Waals surface area contributed by atoms with Gasteiger partial charge in [0.1, 0.15) is 0 Å². The minimum Gasteiger partial charge on any atom is -0.397 e. The van der Waals surface area contributed by atoms with Crippen molar-refractivity contribution >= 4 is 22.7 Å². The maximum Gasteiger partial charge on any atom is 0.0992 e. The van der Waals surface area contributed by atoms with E-state index in [9.17, 15) is 0 Å². The molecule has 2 aromatic rings. The van der Waals surface area contributed by atoms with E-state index in [1.807, 2.05) is 17.6 Å². The van der Waals surface area contributed by atoms with E-state index in [0.29, 0.717) is 17.2 Å². The molecule has 1 aromatic carbocycles. The van der Waals surface area contributed by atoms with Crippen LogP contribution in [0, 0.1) is 11.3 Å². The van der Waals surface area contributed by atoms with Gasteiger partial charge in [-0.05, 0) is 18.2 Å². The number of nitrogens with zero attached hydrogens (tertiary/aromatic N) is 2. The maximum atomic E-state index is 8.76. The Kier molecular flexibility index (Phi) is 3.80. The number of benzene rings is 1. The summed E-state index contributed by atoms with van der Waals surface area (Å²) in [5, 5.41) is 15.1. The Morgan fingerprint density at radius 2 is 2.39 bits per heavy atom. The number of anilines is 2. The molecular weight excluding hydrogens is 244 g/mol. The van der Waals surface area contributed by atoms with E-state index in [-0.39, 0.29) is 0 Å². The fourth-order valence-electron chi connectivity index (χ4n) is 1.62. The van der Waals surface area contributed by atoms with Crippen molar-refractivity contribution in [2.75, 3.05) is 17.6 Å². The van der Waals surface area contributed by atoms with E-state index < -0.39 is 0 Å². The molecule has 0 spiro atoms. The van der Waals surface area contributed by atoms with Crippen LogP contribution < -0.4 is 11.1 Å². The molecule has 2 rings (SSSR count). The second-order valence-corrected chi connectivity index (χ2v) is 4.99. The van der Waals surface area contributed by atoms with Crippen molar-refractivity contribution in [1.82, 2.24) is 4.98 Å². The number of nitrogen functional groups attached to an aromatic ring is 1. The molecule has 0 aliphatic rings. The number of hydrogen-bond acceptors (Lipinski definition) is 5. The number of nitriles is 1. The topological polar surface area (TPSA) is 74.7 Å². The molecule has 0 aliphatic carbocycles. The molecule has 3 N–H and O–H groups in total. The summed E-state index contributed by atoms with van der Waals surface area (Å²) in [6, 6.07) is 7.34. The lowest BCUT2D eigenvalue weighted by atomic mass is 10.1. The van der Waals surface area contributed by atoms with Gasteiger partial charge in [0.15, 0.2) is 0 Å². The van der Waals surface area contributed by atoms with Gasteiger partial charge in [0, 0.05) is 24.0 Å². The van der Waals surface area contributed by atoms with Crippen LogP contribution in [-0.4, -0.2) is 11.5 Å². The Bertz CT molecular complexity index is 557. The molecule has 5 heteroatoms. The van der Waals surface area contributed by atoms with E-state index in [4.69, 9.17) is 11.0 Å². The maximum absolute atomic E-state index is 8.76. The van der Waals surface area contributed by atoms with Crippen LogP contribution in [0.1, 0.15) is 23.4 Å². The van der Waals surface area contributed by atoms with E-state index in [2.05, 4.69) is 23.3 Å². The number of aromatic nitrogens is 1. The van der Waals surface area contributed by atoms with Crippen molar-refractivity contribution in [3.8, 4) is 6.07 Å². The minimum absolute atomic E-state index is 0.333. The number of hydrogen-bond donors (Lipinski definition) is 2. The van der Waals surface area contributed by atoms with Crippen LogP contribution in [0.3, 0.4) is 0 Å². The van der Waals surface area contributed by atoms with Crippen molar-refractivity contribution in [2.45, 2.75) is 12.8 Å². The normalized spacial score (nSPS) is 11.8. The monoisotopic (exact) mass is 258 g/mol. The van der Waals surface area contributed by atoms with E-state index >= 15 is 0 Å². The van der Waals surface area contributed by atoms with Gasteiger partial charge in [0.25, 0.3) is 0 Å². The summed E-state index contributed by atoms with van der Waals surface area (Å²) in [7, 11) is 0. The Labute approximate surface area is 110 Å². The zero-order chi connectivity index (χ0) is 13.0. The predicted octanol–water partition coefficient (Wildman–Crippen LogP) is 2.81. The van der Waals surface area contributed by atoms with E-state index in [0.717, 1.165) is 17.2 Å². The first kappa shape index (κ1) is 12.4. The molecule has 0 saturated heterocycles. The van der Waals surface area contributed by atoms with Crippen molar-refractivity contribution in [3.63, 3.8) is 0 Å². The number of thiazole rings is 1. The summed E-state index contributed by atoms with van der Waals surface area (Å²) in [5.41, 5.74) is 7.91. The third kappa shape index (κ3) is 2.79. The lowest BCUT2D eigenvalue weighted by Gasteiger charge is -2.13. The second kappa shape index (κ2) is 5.52. The molecule has 1 unspecified atom stereocenters. The van der Waals surface area contributed by atoms with Gasteiger partial charge in [-0.1, -0.05) is 6.92 Å². The van der Waals surface area contributed by atoms with E-state index in [1.165, 1.54) is 0 Å². The van der Waals surface area contributed by atoms with Gasteiger partial charge in [-0.3, -0.25) is 0 Å². The zero-order valence-electron chi connectivity index (χ0n) is 10.1. The minimum atomic E-state index is 0.333. The third-order valence-electron chi connectivity index (χ3n) is 2.65. The number of rotatable bonds is 4. The van der Waals surface area contributed by atoms with Crippen LogP contribution >= 0.6 is 11.3 Å². The Morgan fingerprint density at radius 3 is 3.00 bits per heavy atom. The lowest BCUT2D eigenvalue weighted by Crippen LogP contribution is -2.10. The summed E-state index contributed by atoms with van der Waals surface area (Å²) in [6.45, 7) is 2.88. The highest BCUT2D eigenvalue weighted by Gasteiger charge is 2.08. The standard InChI is InChI=1S/C13H14N4S/c1-9(13-16-4-5-18-13)8-17-12-3-2-10(7-14)6-11(12)15/h2-6,9,17H,8,15H2,1H3. The predicted molar refractivity (Wildman–Crippen MR) is 74.6 cm³/mol. The van der Waals surface area contributed by atoms with Gasteiger partial charge in [0.2, 0.25) is 0 Å².